The van der Waals surface area contributed by atoms with Crippen LogP contribution in [0.3, 0.4) is 0 Å². The van der Waals surface area contributed by atoms with Crippen LogP contribution in [0.1, 0.15) is 5.56 Å². The van der Waals surface area contributed by atoms with Gasteiger partial charge in [0.15, 0.2) is 11.6 Å². The van der Waals surface area contributed by atoms with E-state index in [-0.39, 0.29) is 19.6 Å². The summed E-state index contributed by atoms with van der Waals surface area (Å²) in [6, 6.07) is 3.28. The highest BCUT2D eigenvalue weighted by atomic mass is 19.2. The number of aliphatic hydroxyl groups is 1. The van der Waals surface area contributed by atoms with E-state index in [0.29, 0.717) is 5.56 Å². The zero-order valence-electron chi connectivity index (χ0n) is 8.90. The molecule has 2 rings (SSSR count). The number of hydroxylamine groups is 2. The largest absolute Gasteiger partial charge is 0.389 e. The number of nitrogens with zero attached hydrogens (tertiary/aromatic N) is 1. The van der Waals surface area contributed by atoms with Gasteiger partial charge in [-0.05, 0) is 17.7 Å². The van der Waals surface area contributed by atoms with E-state index >= 15 is 0 Å². The lowest BCUT2D eigenvalue weighted by Crippen LogP contribution is -2.29. The number of amides is 1. The molecule has 17 heavy (non-hydrogen) atoms. The number of carbonyl (C=O) groups excluding carboxylic acids is 1. The van der Waals surface area contributed by atoms with Crippen molar-refractivity contribution in [3.63, 3.8) is 0 Å². The Kier molecular flexibility index (Phi) is 3.35. The zero-order valence-corrected chi connectivity index (χ0v) is 8.90. The lowest BCUT2D eigenvalue weighted by molar-refractivity contribution is -0.167. The van der Waals surface area contributed by atoms with E-state index in [2.05, 4.69) is 0 Å². The molecule has 1 aliphatic rings. The van der Waals surface area contributed by atoms with Crippen LogP contribution in [0.15, 0.2) is 18.2 Å². The fraction of sp³-hybridized carbons (Fsp3) is 0.364. The van der Waals surface area contributed by atoms with Crippen molar-refractivity contribution in [2.24, 2.45) is 0 Å². The summed E-state index contributed by atoms with van der Waals surface area (Å²) in [5.41, 5.74) is 0.360. The molecule has 1 aliphatic heterocycles. The summed E-state index contributed by atoms with van der Waals surface area (Å²) in [6.07, 6.45) is -0.784. The van der Waals surface area contributed by atoms with E-state index < -0.39 is 23.6 Å². The third kappa shape index (κ3) is 2.78. The number of carbonyl (C=O) groups is 1. The van der Waals surface area contributed by atoms with E-state index in [1.165, 1.54) is 6.07 Å². The molecule has 1 aromatic rings. The highest BCUT2D eigenvalue weighted by molar-refractivity contribution is 5.78. The second-order valence-corrected chi connectivity index (χ2v) is 3.83. The Morgan fingerprint density at radius 3 is 2.82 bits per heavy atom. The van der Waals surface area contributed by atoms with Crippen molar-refractivity contribution in [2.75, 3.05) is 13.2 Å². The van der Waals surface area contributed by atoms with Crippen LogP contribution in [0.4, 0.5) is 8.78 Å². The molecule has 0 bridgehead atoms. The number of hydrogen-bond donors (Lipinski definition) is 1. The van der Waals surface area contributed by atoms with E-state index in [4.69, 9.17) is 9.94 Å². The summed E-state index contributed by atoms with van der Waals surface area (Å²) >= 11 is 0. The standard InChI is InChI=1S/C11H11F2NO3/c12-9-2-1-7(3-10(9)13)4-11(16)14-5-8(15)6-17-14/h1-3,8,15H,4-6H2. The van der Waals surface area contributed by atoms with Crippen molar-refractivity contribution in [3.05, 3.63) is 35.4 Å². The lowest BCUT2D eigenvalue weighted by Gasteiger charge is -2.13. The van der Waals surface area contributed by atoms with Gasteiger partial charge < -0.3 is 5.11 Å². The smallest absolute Gasteiger partial charge is 0.250 e. The first-order chi connectivity index (χ1) is 8.06. The van der Waals surface area contributed by atoms with Crippen molar-refractivity contribution in [2.45, 2.75) is 12.5 Å². The van der Waals surface area contributed by atoms with Gasteiger partial charge >= 0.3 is 0 Å². The number of benzene rings is 1. The molecular weight excluding hydrogens is 232 g/mol. The third-order valence-electron chi connectivity index (χ3n) is 2.42. The normalized spacial score (nSPS) is 19.7. The Hall–Kier alpha value is -1.53. The molecule has 0 saturated carbocycles. The minimum atomic E-state index is -0.988. The Bertz CT molecular complexity index is 439. The van der Waals surface area contributed by atoms with Gasteiger partial charge in [-0.3, -0.25) is 9.63 Å². The second kappa shape index (κ2) is 4.77. The number of aliphatic hydroxyl groups excluding tert-OH is 1. The Morgan fingerprint density at radius 2 is 2.24 bits per heavy atom. The summed E-state index contributed by atoms with van der Waals surface area (Å²) in [6.45, 7) is 0.173. The number of rotatable bonds is 2. The van der Waals surface area contributed by atoms with E-state index in [9.17, 15) is 13.6 Å². The van der Waals surface area contributed by atoms with E-state index in [1.807, 2.05) is 0 Å². The minimum absolute atomic E-state index is 0.0729. The maximum absolute atomic E-state index is 12.9. The number of halogens is 2. The first-order valence-electron chi connectivity index (χ1n) is 5.11. The van der Waals surface area contributed by atoms with Crippen molar-refractivity contribution >= 4 is 5.91 Å². The number of β-amino-alcohol motifs (C(OH)–C–C–N with tert-alkyl or cyclic N) is 1. The van der Waals surface area contributed by atoms with Gasteiger partial charge in [0.05, 0.1) is 19.1 Å². The highest BCUT2D eigenvalue weighted by Crippen LogP contribution is 2.12. The SMILES string of the molecule is O=C(Cc1ccc(F)c(F)c1)N1CC(O)CO1. The van der Waals surface area contributed by atoms with Gasteiger partial charge in [-0.15, -0.1) is 0 Å². The molecule has 1 unspecified atom stereocenters. The molecule has 4 nitrogen and oxygen atoms in total. The molecular formula is C11H11F2NO3. The second-order valence-electron chi connectivity index (χ2n) is 3.83. The predicted molar refractivity (Wildman–Crippen MR) is 53.7 cm³/mol. The molecule has 1 aromatic carbocycles. The van der Waals surface area contributed by atoms with Crippen LogP contribution in [0.2, 0.25) is 0 Å². The fourth-order valence-corrected chi connectivity index (χ4v) is 1.56. The van der Waals surface area contributed by atoms with Crippen molar-refractivity contribution < 1.29 is 23.5 Å². The Balaban J connectivity index is 2.00. The quantitative estimate of drug-likeness (QED) is 0.829. The molecule has 0 radical (unpaired) electrons. The zero-order chi connectivity index (χ0) is 12.4. The number of hydrogen-bond acceptors (Lipinski definition) is 3. The summed E-state index contributed by atoms with van der Waals surface area (Å²) < 4.78 is 25.6. The molecule has 1 saturated heterocycles. The van der Waals surface area contributed by atoms with Crippen LogP contribution in [-0.2, 0) is 16.1 Å². The summed E-state index contributed by atoms with van der Waals surface area (Å²) in [4.78, 5) is 16.5. The van der Waals surface area contributed by atoms with Gasteiger partial charge in [-0.25, -0.2) is 13.8 Å². The maximum Gasteiger partial charge on any atom is 0.250 e. The van der Waals surface area contributed by atoms with Gasteiger partial charge in [-0.2, -0.15) is 0 Å². The first kappa shape index (κ1) is 11.9. The van der Waals surface area contributed by atoms with Crippen molar-refractivity contribution in [3.8, 4) is 0 Å². The third-order valence-corrected chi connectivity index (χ3v) is 2.42. The van der Waals surface area contributed by atoms with Gasteiger partial charge in [-0.1, -0.05) is 6.07 Å². The van der Waals surface area contributed by atoms with Gasteiger partial charge in [0.1, 0.15) is 6.61 Å². The summed E-state index contributed by atoms with van der Waals surface area (Å²) in [5.74, 6) is -2.33. The van der Waals surface area contributed by atoms with Crippen LogP contribution < -0.4 is 0 Å². The molecule has 1 atom stereocenters. The average Bonchev–Trinajstić information content (AvgIpc) is 2.70. The van der Waals surface area contributed by atoms with Gasteiger partial charge in [0, 0.05) is 0 Å². The van der Waals surface area contributed by atoms with Crippen molar-refractivity contribution in [1.29, 1.82) is 0 Å². The molecule has 1 heterocycles. The van der Waals surface area contributed by atoms with E-state index in [1.54, 1.807) is 0 Å². The highest BCUT2D eigenvalue weighted by Gasteiger charge is 2.26. The Morgan fingerprint density at radius 1 is 1.47 bits per heavy atom. The molecule has 0 aliphatic carbocycles. The van der Waals surface area contributed by atoms with E-state index in [0.717, 1.165) is 17.2 Å². The topological polar surface area (TPSA) is 49.8 Å². The molecule has 92 valence electrons. The van der Waals surface area contributed by atoms with Crippen LogP contribution in [0.5, 0.6) is 0 Å². The summed E-state index contributed by atoms with van der Waals surface area (Å²) in [5, 5.41) is 10.2. The van der Waals surface area contributed by atoms with Gasteiger partial charge in [0.25, 0.3) is 5.91 Å². The van der Waals surface area contributed by atoms with Crippen LogP contribution in [0.25, 0.3) is 0 Å². The molecule has 1 N–H and O–H groups in total. The van der Waals surface area contributed by atoms with Crippen LogP contribution in [-0.4, -0.2) is 35.3 Å². The minimum Gasteiger partial charge on any atom is -0.389 e. The molecule has 1 amide bonds. The molecule has 0 aromatic heterocycles. The molecule has 1 fully saturated rings. The first-order valence-corrected chi connectivity index (χ1v) is 5.11. The fourth-order valence-electron chi connectivity index (χ4n) is 1.56. The Labute approximate surface area is 96.4 Å². The van der Waals surface area contributed by atoms with Crippen molar-refractivity contribution in [1.82, 2.24) is 5.06 Å². The predicted octanol–water partition coefficient (Wildman–Crippen LogP) is 0.642. The van der Waals surface area contributed by atoms with Crippen LogP contribution >= 0.6 is 0 Å². The molecule has 0 spiro atoms. The average molecular weight is 243 g/mol. The lowest BCUT2D eigenvalue weighted by atomic mass is 10.1. The summed E-state index contributed by atoms with van der Waals surface area (Å²) in [7, 11) is 0. The maximum atomic E-state index is 12.9. The monoisotopic (exact) mass is 243 g/mol. The van der Waals surface area contributed by atoms with Crippen LogP contribution in [0, 0.1) is 11.6 Å². The molecule has 6 heteroatoms. The van der Waals surface area contributed by atoms with Gasteiger partial charge in [0.2, 0.25) is 0 Å².